The van der Waals surface area contributed by atoms with Crippen LogP contribution in [-0.2, 0) is 28.6 Å². The molecule has 0 fully saturated rings. The van der Waals surface area contributed by atoms with Crippen LogP contribution in [-0.4, -0.2) is 37.2 Å². The minimum Gasteiger partial charge on any atom is -0.462 e. The van der Waals surface area contributed by atoms with Crippen LogP contribution in [0.15, 0.2) is 158 Å². The largest absolute Gasteiger partial charge is 0.462 e. The predicted octanol–water partition coefficient (Wildman–Crippen LogP) is 21.7. The molecule has 0 aliphatic carbocycles. The molecule has 1 unspecified atom stereocenters. The van der Waals surface area contributed by atoms with Gasteiger partial charge in [-0.15, -0.1) is 0 Å². The van der Waals surface area contributed by atoms with E-state index in [2.05, 4.69) is 179 Å². The number of allylic oxidation sites excluding steroid dienone is 26. The molecule has 0 N–H and O–H groups in total. The van der Waals surface area contributed by atoms with Crippen molar-refractivity contribution >= 4 is 17.9 Å². The van der Waals surface area contributed by atoms with Gasteiger partial charge in [-0.2, -0.15) is 0 Å². The summed E-state index contributed by atoms with van der Waals surface area (Å²) < 4.78 is 16.9. The van der Waals surface area contributed by atoms with Crippen LogP contribution in [0.25, 0.3) is 0 Å². The number of carbonyl (C=O) groups excluding carboxylic acids is 3. The molecule has 0 rings (SSSR count). The lowest BCUT2D eigenvalue weighted by Gasteiger charge is -2.18. The molecule has 78 heavy (non-hydrogen) atoms. The standard InChI is InChI=1S/C72H114O6/c1-4-7-10-13-16-19-22-25-28-30-32-33-34-35-36-37-38-39-41-42-44-47-50-53-56-59-62-65-71(74)77-68-69(67-76-70(73)64-61-58-55-52-49-46-27-24-21-18-15-12-9-6-3)78-72(75)66-63-60-57-54-51-48-45-43-40-31-29-26-23-20-17-14-11-8-5-2/h7-8,10-11,16-17,19-20,24-29,32-33,35-36,38-40,42-44,48,51,69H,4-6,9,12-15,18,21-23,30-31,34,37,41,45-47,49-50,52-68H2,1-3H3/b10-7-,11-8-,19-16-,20-17-,27-24-,28-25-,29-26-,33-32-,36-35-,39-38-,43-40-,44-42-,51-48-. The second kappa shape index (κ2) is 64.6. The number of esters is 3. The molecule has 0 spiro atoms. The van der Waals surface area contributed by atoms with Crippen molar-refractivity contribution in [1.29, 1.82) is 0 Å². The van der Waals surface area contributed by atoms with Crippen LogP contribution < -0.4 is 0 Å². The molecule has 0 aromatic rings. The Kier molecular flexibility index (Phi) is 60.4. The van der Waals surface area contributed by atoms with E-state index in [-0.39, 0.29) is 37.5 Å². The van der Waals surface area contributed by atoms with Crippen molar-refractivity contribution in [2.45, 2.75) is 264 Å². The molecule has 0 aliphatic rings. The Morgan fingerprint density at radius 1 is 0.269 bits per heavy atom. The Bertz CT molecular complexity index is 1760. The molecule has 0 bridgehead atoms. The molecule has 0 aromatic heterocycles. The van der Waals surface area contributed by atoms with Crippen LogP contribution in [0, 0.1) is 0 Å². The summed E-state index contributed by atoms with van der Waals surface area (Å²) in [5.74, 6) is -0.973. The van der Waals surface area contributed by atoms with Crippen LogP contribution >= 0.6 is 0 Å². The van der Waals surface area contributed by atoms with Crippen LogP contribution in [0.2, 0.25) is 0 Å². The summed E-state index contributed by atoms with van der Waals surface area (Å²) in [6, 6.07) is 0. The van der Waals surface area contributed by atoms with Gasteiger partial charge in [0, 0.05) is 19.3 Å². The molecule has 0 heterocycles. The first-order valence-corrected chi connectivity index (χ1v) is 31.5. The highest BCUT2D eigenvalue weighted by molar-refractivity contribution is 5.71. The fourth-order valence-electron chi connectivity index (χ4n) is 8.09. The lowest BCUT2D eigenvalue weighted by Crippen LogP contribution is -2.30. The Hall–Kier alpha value is -4.97. The van der Waals surface area contributed by atoms with Crippen molar-refractivity contribution in [3.05, 3.63) is 158 Å². The van der Waals surface area contributed by atoms with Gasteiger partial charge in [0.15, 0.2) is 6.10 Å². The lowest BCUT2D eigenvalue weighted by atomic mass is 10.1. The average Bonchev–Trinajstić information content (AvgIpc) is 3.44. The summed E-state index contributed by atoms with van der Waals surface area (Å²) in [5.41, 5.74) is 0. The summed E-state index contributed by atoms with van der Waals surface area (Å²) in [5, 5.41) is 0. The van der Waals surface area contributed by atoms with Crippen molar-refractivity contribution in [3.63, 3.8) is 0 Å². The van der Waals surface area contributed by atoms with E-state index in [9.17, 15) is 14.4 Å². The molecule has 438 valence electrons. The van der Waals surface area contributed by atoms with E-state index in [4.69, 9.17) is 14.2 Å². The van der Waals surface area contributed by atoms with Gasteiger partial charge in [-0.05, 0) is 148 Å². The summed E-state index contributed by atoms with van der Waals surface area (Å²) in [6.45, 7) is 6.35. The highest BCUT2D eigenvalue weighted by atomic mass is 16.6. The van der Waals surface area contributed by atoms with E-state index >= 15 is 0 Å². The van der Waals surface area contributed by atoms with Gasteiger partial charge in [0.1, 0.15) is 13.2 Å². The number of hydrogen-bond donors (Lipinski definition) is 0. The Morgan fingerprint density at radius 3 is 0.808 bits per heavy atom. The average molecular weight is 1080 g/mol. The monoisotopic (exact) mass is 1070 g/mol. The van der Waals surface area contributed by atoms with Gasteiger partial charge in [0.25, 0.3) is 0 Å². The molecule has 0 radical (unpaired) electrons. The first kappa shape index (κ1) is 73.0. The first-order chi connectivity index (χ1) is 38.5. The van der Waals surface area contributed by atoms with Crippen LogP contribution in [0.5, 0.6) is 0 Å². The van der Waals surface area contributed by atoms with Crippen LogP contribution in [0.3, 0.4) is 0 Å². The molecular formula is C72H114O6. The van der Waals surface area contributed by atoms with E-state index in [0.717, 1.165) is 167 Å². The zero-order valence-corrected chi connectivity index (χ0v) is 50.1. The smallest absolute Gasteiger partial charge is 0.306 e. The predicted molar refractivity (Wildman–Crippen MR) is 338 cm³/mol. The zero-order chi connectivity index (χ0) is 56.4. The van der Waals surface area contributed by atoms with Crippen molar-refractivity contribution in [1.82, 2.24) is 0 Å². The number of unbranched alkanes of at least 4 members (excludes halogenated alkanes) is 18. The molecule has 0 amide bonds. The summed E-state index contributed by atoms with van der Waals surface area (Å²) >= 11 is 0. The van der Waals surface area contributed by atoms with E-state index in [1.165, 1.54) is 44.9 Å². The number of hydrogen-bond acceptors (Lipinski definition) is 6. The number of ether oxygens (including phenoxy) is 3. The minimum absolute atomic E-state index is 0.108. The summed E-state index contributed by atoms with van der Waals surface area (Å²) in [6.07, 6.45) is 93.8. The van der Waals surface area contributed by atoms with Gasteiger partial charge < -0.3 is 14.2 Å². The van der Waals surface area contributed by atoms with Crippen molar-refractivity contribution in [3.8, 4) is 0 Å². The Labute approximate surface area is 480 Å². The molecule has 0 saturated carbocycles. The molecule has 0 aromatic carbocycles. The number of carbonyl (C=O) groups is 3. The highest BCUT2D eigenvalue weighted by Gasteiger charge is 2.19. The molecular weight excluding hydrogens is 961 g/mol. The van der Waals surface area contributed by atoms with Gasteiger partial charge in [0.2, 0.25) is 0 Å². The Balaban J connectivity index is 4.48. The fraction of sp³-hybridized carbons (Fsp3) is 0.597. The maximum Gasteiger partial charge on any atom is 0.306 e. The normalized spacial score (nSPS) is 13.2. The maximum absolute atomic E-state index is 12.9. The van der Waals surface area contributed by atoms with Gasteiger partial charge in [-0.1, -0.05) is 249 Å². The highest BCUT2D eigenvalue weighted by Crippen LogP contribution is 2.13. The van der Waals surface area contributed by atoms with Crippen LogP contribution in [0.1, 0.15) is 258 Å². The third-order valence-electron chi connectivity index (χ3n) is 12.7. The van der Waals surface area contributed by atoms with Crippen molar-refractivity contribution < 1.29 is 28.6 Å². The molecule has 0 aliphatic heterocycles. The van der Waals surface area contributed by atoms with Gasteiger partial charge in [-0.3, -0.25) is 14.4 Å². The van der Waals surface area contributed by atoms with Gasteiger partial charge >= 0.3 is 17.9 Å². The van der Waals surface area contributed by atoms with Crippen molar-refractivity contribution in [2.75, 3.05) is 13.2 Å². The van der Waals surface area contributed by atoms with E-state index < -0.39 is 6.10 Å². The molecule has 6 nitrogen and oxygen atoms in total. The lowest BCUT2D eigenvalue weighted by molar-refractivity contribution is -0.167. The summed E-state index contributed by atoms with van der Waals surface area (Å²) in [4.78, 5) is 38.3. The van der Waals surface area contributed by atoms with Crippen molar-refractivity contribution in [2.24, 2.45) is 0 Å². The SMILES string of the molecule is CC/C=C\C/C=C\C/C=C\C/C=C\C/C=C\C/C=C\C/C=C\CCCCCCCC(=O)OCC(COC(=O)CCCCCCC/C=C\CCCCCCC)OC(=O)CCCCC/C=C\C/C=C\C/C=C\C/C=C\C/C=C\CC. The summed E-state index contributed by atoms with van der Waals surface area (Å²) in [7, 11) is 0. The number of rotatable bonds is 55. The molecule has 6 heteroatoms. The van der Waals surface area contributed by atoms with E-state index in [0.29, 0.717) is 19.3 Å². The fourth-order valence-corrected chi connectivity index (χ4v) is 8.09. The van der Waals surface area contributed by atoms with Gasteiger partial charge in [0.05, 0.1) is 0 Å². The maximum atomic E-state index is 12.9. The molecule has 1 atom stereocenters. The van der Waals surface area contributed by atoms with E-state index in [1.54, 1.807) is 0 Å². The minimum atomic E-state index is -0.816. The third kappa shape index (κ3) is 61.9. The Morgan fingerprint density at radius 2 is 0.500 bits per heavy atom. The first-order valence-electron chi connectivity index (χ1n) is 31.5. The quantitative estimate of drug-likeness (QED) is 0.0261. The second-order valence-electron chi connectivity index (χ2n) is 20.2. The third-order valence-corrected chi connectivity index (χ3v) is 12.7. The van der Waals surface area contributed by atoms with Gasteiger partial charge in [-0.25, -0.2) is 0 Å². The van der Waals surface area contributed by atoms with Crippen LogP contribution in [0.4, 0.5) is 0 Å². The zero-order valence-electron chi connectivity index (χ0n) is 50.1. The molecule has 0 saturated heterocycles. The van der Waals surface area contributed by atoms with E-state index in [1.807, 2.05) is 0 Å². The second-order valence-corrected chi connectivity index (χ2v) is 20.2. The topological polar surface area (TPSA) is 78.9 Å².